The third kappa shape index (κ3) is 13.5. The van der Waals surface area contributed by atoms with E-state index in [9.17, 15) is 0 Å². The molecule has 2 heteroatoms. The third-order valence-corrected chi connectivity index (χ3v) is 2.03. The summed E-state index contributed by atoms with van der Waals surface area (Å²) >= 11 is 0. The zero-order valence-electron chi connectivity index (χ0n) is 10.2. The maximum absolute atomic E-state index is 5.47. The first-order valence-corrected chi connectivity index (χ1v) is 6.04. The fourth-order valence-corrected chi connectivity index (χ4v) is 1.17. The number of hydrogen-bond donors (Lipinski definition) is 0. The number of hydrogen-bond acceptors (Lipinski definition) is 2. The zero-order valence-corrected chi connectivity index (χ0v) is 10.2. The van der Waals surface area contributed by atoms with Crippen LogP contribution in [0.15, 0.2) is 12.3 Å². The van der Waals surface area contributed by atoms with E-state index in [0.29, 0.717) is 6.61 Å². The van der Waals surface area contributed by atoms with Crippen LogP contribution in [0.3, 0.4) is 0 Å². The third-order valence-electron chi connectivity index (χ3n) is 2.03. The standard InChI is InChI=1S/C13H25O2/c1-3-5-6-7-11-15-13-9-8-12-14-10-4-2/h4,8,12H,3,5-7,9-11,13H2,1-2H3. The Morgan fingerprint density at radius 1 is 1.07 bits per heavy atom. The first-order chi connectivity index (χ1) is 7.41. The Balaban J connectivity index is 2.95. The second-order valence-corrected chi connectivity index (χ2v) is 3.58. The Kier molecular flexibility index (Phi) is 13.1. The molecule has 0 bridgehead atoms. The molecule has 0 saturated heterocycles. The summed E-state index contributed by atoms with van der Waals surface area (Å²) in [5, 5.41) is 0. The average Bonchev–Trinajstić information content (AvgIpc) is 2.26. The first kappa shape index (κ1) is 14.5. The molecule has 0 aliphatic rings. The molecule has 0 unspecified atom stereocenters. The van der Waals surface area contributed by atoms with Gasteiger partial charge >= 0.3 is 0 Å². The van der Waals surface area contributed by atoms with Crippen LogP contribution in [-0.4, -0.2) is 19.8 Å². The summed E-state index contributed by atoms with van der Waals surface area (Å²) in [5.74, 6) is 0. The van der Waals surface area contributed by atoms with Crippen LogP contribution in [0.2, 0.25) is 0 Å². The average molecular weight is 213 g/mol. The second-order valence-electron chi connectivity index (χ2n) is 3.58. The largest absolute Gasteiger partial charge is 0.501 e. The molecule has 0 rings (SSSR count). The molecule has 0 N–H and O–H groups in total. The van der Waals surface area contributed by atoms with E-state index in [1.807, 2.05) is 19.4 Å². The van der Waals surface area contributed by atoms with E-state index in [1.54, 1.807) is 6.26 Å². The van der Waals surface area contributed by atoms with Gasteiger partial charge in [-0.2, -0.15) is 0 Å². The molecule has 0 aromatic carbocycles. The smallest absolute Gasteiger partial charge is 0.0902 e. The van der Waals surface area contributed by atoms with Crippen LogP contribution < -0.4 is 0 Å². The van der Waals surface area contributed by atoms with Crippen LogP contribution in [0.4, 0.5) is 0 Å². The summed E-state index contributed by atoms with van der Waals surface area (Å²) in [5.41, 5.74) is 0. The minimum absolute atomic E-state index is 0.689. The van der Waals surface area contributed by atoms with Gasteiger partial charge in [0.25, 0.3) is 0 Å². The summed E-state index contributed by atoms with van der Waals surface area (Å²) in [6.07, 6.45) is 11.8. The topological polar surface area (TPSA) is 18.5 Å². The molecular formula is C13H25O2. The van der Waals surface area contributed by atoms with E-state index >= 15 is 0 Å². The van der Waals surface area contributed by atoms with Gasteiger partial charge in [-0.1, -0.05) is 33.1 Å². The molecule has 0 spiro atoms. The van der Waals surface area contributed by atoms with Crippen molar-refractivity contribution in [1.29, 1.82) is 0 Å². The van der Waals surface area contributed by atoms with Gasteiger partial charge < -0.3 is 9.47 Å². The minimum atomic E-state index is 0.689. The summed E-state index contributed by atoms with van der Waals surface area (Å²) in [6.45, 7) is 6.60. The quantitative estimate of drug-likeness (QED) is 0.384. The predicted molar refractivity (Wildman–Crippen MR) is 64.6 cm³/mol. The minimum Gasteiger partial charge on any atom is -0.501 e. The molecule has 89 valence electrons. The molecule has 0 heterocycles. The van der Waals surface area contributed by atoms with Crippen molar-refractivity contribution in [2.75, 3.05) is 19.8 Å². The van der Waals surface area contributed by atoms with Crippen molar-refractivity contribution in [3.8, 4) is 0 Å². The van der Waals surface area contributed by atoms with E-state index < -0.39 is 0 Å². The van der Waals surface area contributed by atoms with Crippen LogP contribution in [0.25, 0.3) is 0 Å². The summed E-state index contributed by atoms with van der Waals surface area (Å²) < 4.78 is 10.6. The van der Waals surface area contributed by atoms with Crippen molar-refractivity contribution in [3.05, 3.63) is 18.8 Å². The molecule has 0 aromatic heterocycles. The highest BCUT2D eigenvalue weighted by Gasteiger charge is 1.88. The van der Waals surface area contributed by atoms with Gasteiger partial charge in [-0.15, -0.1) is 0 Å². The van der Waals surface area contributed by atoms with E-state index in [1.165, 1.54) is 25.7 Å². The Hall–Kier alpha value is -0.500. The molecule has 0 aliphatic heterocycles. The van der Waals surface area contributed by atoms with Gasteiger partial charge in [-0.05, 0) is 25.3 Å². The maximum atomic E-state index is 5.47. The van der Waals surface area contributed by atoms with Gasteiger partial charge in [-0.3, -0.25) is 0 Å². The van der Waals surface area contributed by atoms with E-state index in [4.69, 9.17) is 9.47 Å². The molecule has 0 aliphatic carbocycles. The molecule has 0 amide bonds. The highest BCUT2D eigenvalue weighted by atomic mass is 16.5. The Bertz CT molecular complexity index is 132. The molecular weight excluding hydrogens is 188 g/mol. The lowest BCUT2D eigenvalue weighted by atomic mass is 10.2. The van der Waals surface area contributed by atoms with Crippen LogP contribution in [0.5, 0.6) is 0 Å². The molecule has 2 nitrogen and oxygen atoms in total. The highest BCUT2D eigenvalue weighted by molar-refractivity contribution is 4.73. The molecule has 1 radical (unpaired) electrons. The van der Waals surface area contributed by atoms with Crippen molar-refractivity contribution in [2.24, 2.45) is 0 Å². The summed E-state index contributed by atoms with van der Waals surface area (Å²) in [7, 11) is 0. The molecule has 0 aromatic rings. The van der Waals surface area contributed by atoms with Gasteiger partial charge in [0.1, 0.15) is 0 Å². The van der Waals surface area contributed by atoms with E-state index in [0.717, 1.165) is 19.6 Å². The lowest BCUT2D eigenvalue weighted by Gasteiger charge is -2.01. The number of ether oxygens (including phenoxy) is 2. The maximum Gasteiger partial charge on any atom is 0.0902 e. The molecule has 0 atom stereocenters. The lowest BCUT2D eigenvalue weighted by Crippen LogP contribution is -1.95. The van der Waals surface area contributed by atoms with Gasteiger partial charge in [0.15, 0.2) is 0 Å². The van der Waals surface area contributed by atoms with Crippen molar-refractivity contribution in [3.63, 3.8) is 0 Å². The van der Waals surface area contributed by atoms with Crippen molar-refractivity contribution < 1.29 is 9.47 Å². The fourth-order valence-electron chi connectivity index (χ4n) is 1.17. The molecule has 0 saturated carbocycles. The normalized spacial score (nSPS) is 11.1. The van der Waals surface area contributed by atoms with E-state index in [-0.39, 0.29) is 0 Å². The van der Waals surface area contributed by atoms with Crippen molar-refractivity contribution in [2.45, 2.75) is 46.0 Å². The monoisotopic (exact) mass is 213 g/mol. The molecule has 0 fully saturated rings. The van der Waals surface area contributed by atoms with Crippen LogP contribution in [0.1, 0.15) is 46.0 Å². The summed E-state index contributed by atoms with van der Waals surface area (Å²) in [6, 6.07) is 0. The molecule has 15 heavy (non-hydrogen) atoms. The second kappa shape index (κ2) is 13.5. The van der Waals surface area contributed by atoms with Crippen LogP contribution in [-0.2, 0) is 9.47 Å². The predicted octanol–water partition coefficient (Wildman–Crippen LogP) is 3.73. The van der Waals surface area contributed by atoms with Gasteiger partial charge in [0.2, 0.25) is 0 Å². The highest BCUT2D eigenvalue weighted by Crippen LogP contribution is 1.99. The lowest BCUT2D eigenvalue weighted by molar-refractivity contribution is 0.133. The Morgan fingerprint density at radius 3 is 2.67 bits per heavy atom. The van der Waals surface area contributed by atoms with Crippen LogP contribution in [0, 0.1) is 6.42 Å². The number of rotatable bonds is 11. The van der Waals surface area contributed by atoms with Gasteiger partial charge in [-0.25, -0.2) is 0 Å². The van der Waals surface area contributed by atoms with Crippen molar-refractivity contribution in [1.82, 2.24) is 0 Å². The zero-order chi connectivity index (χ0) is 11.2. The first-order valence-electron chi connectivity index (χ1n) is 6.04. The fraction of sp³-hybridized carbons (Fsp3) is 0.769. The number of unbranched alkanes of at least 4 members (excludes halogenated alkanes) is 3. The van der Waals surface area contributed by atoms with Gasteiger partial charge in [0.05, 0.1) is 19.5 Å². The SMILES string of the molecule is C[CH]COC=CCCOCCCCCC. The van der Waals surface area contributed by atoms with Gasteiger partial charge in [0, 0.05) is 6.61 Å². The Labute approximate surface area is 94.7 Å². The Morgan fingerprint density at radius 2 is 1.93 bits per heavy atom. The van der Waals surface area contributed by atoms with E-state index in [2.05, 4.69) is 6.92 Å². The summed E-state index contributed by atoms with van der Waals surface area (Å²) in [4.78, 5) is 0. The van der Waals surface area contributed by atoms with Crippen LogP contribution >= 0.6 is 0 Å². The van der Waals surface area contributed by atoms with Crippen molar-refractivity contribution >= 4 is 0 Å².